The Morgan fingerprint density at radius 2 is 2.31 bits per heavy atom. The standard InChI is InChI=1S/C10H10IO2/c12-10(13)8-3-4-9-7(6-8)2-1-5-11-9/h3-4,6H,1-2,5H2,(H,12,13)/q-1. The van der Waals surface area contributed by atoms with E-state index in [1.165, 1.54) is 20.0 Å². The van der Waals surface area contributed by atoms with Gasteiger partial charge in [0.15, 0.2) is 0 Å². The van der Waals surface area contributed by atoms with Crippen LogP contribution in [0.3, 0.4) is 0 Å². The van der Waals surface area contributed by atoms with Crippen molar-refractivity contribution in [1.82, 2.24) is 0 Å². The Kier molecular flexibility index (Phi) is 2.53. The minimum absolute atomic E-state index is 0.169. The molecule has 3 heteroatoms. The number of fused-ring (bicyclic) bond motifs is 1. The molecule has 1 heterocycles. The van der Waals surface area contributed by atoms with Crippen LogP contribution in [-0.4, -0.2) is 15.5 Å². The predicted molar refractivity (Wildman–Crippen MR) is 45.3 cm³/mol. The monoisotopic (exact) mass is 289 g/mol. The number of aromatic carboxylic acids is 1. The predicted octanol–water partition coefficient (Wildman–Crippen LogP) is -1.41. The van der Waals surface area contributed by atoms with E-state index < -0.39 is 5.97 Å². The van der Waals surface area contributed by atoms with E-state index in [1.807, 2.05) is 12.1 Å². The summed E-state index contributed by atoms with van der Waals surface area (Å²) in [6, 6.07) is 5.58. The molecule has 0 unspecified atom stereocenters. The minimum atomic E-state index is -0.813. The molecule has 2 nitrogen and oxygen atoms in total. The molecule has 1 aromatic rings. The van der Waals surface area contributed by atoms with E-state index in [0.29, 0.717) is 5.56 Å². The number of carboxylic acids is 1. The van der Waals surface area contributed by atoms with Crippen molar-refractivity contribution >= 4 is 5.97 Å². The third-order valence-electron chi connectivity index (χ3n) is 2.11. The van der Waals surface area contributed by atoms with Crippen LogP contribution < -0.4 is 21.2 Å². The molecule has 1 N–H and O–H groups in total. The van der Waals surface area contributed by atoms with Crippen molar-refractivity contribution in [2.24, 2.45) is 0 Å². The summed E-state index contributed by atoms with van der Waals surface area (Å²) in [6.07, 6.45) is 2.31. The van der Waals surface area contributed by atoms with Crippen molar-refractivity contribution in [2.45, 2.75) is 12.8 Å². The first-order chi connectivity index (χ1) is 6.27. The number of halogens is 1. The first-order valence-corrected chi connectivity index (χ1v) is 6.83. The fourth-order valence-electron chi connectivity index (χ4n) is 1.46. The SMILES string of the molecule is O=C(O)c1ccc2c(c1)CCC[I-]2. The van der Waals surface area contributed by atoms with Crippen molar-refractivity contribution in [3.05, 3.63) is 32.9 Å². The number of rotatable bonds is 1. The van der Waals surface area contributed by atoms with Crippen LogP contribution in [-0.2, 0) is 6.42 Å². The number of carbonyl (C=O) groups is 1. The maximum absolute atomic E-state index is 10.7. The van der Waals surface area contributed by atoms with Crippen LogP contribution in [0.4, 0.5) is 0 Å². The average Bonchev–Trinajstić information content (AvgIpc) is 2.17. The number of hydrogen-bond donors (Lipinski definition) is 1. The summed E-state index contributed by atoms with van der Waals surface area (Å²) >= 11 is 0.169. The van der Waals surface area contributed by atoms with E-state index in [2.05, 4.69) is 0 Å². The summed E-state index contributed by atoms with van der Waals surface area (Å²) in [5.41, 5.74) is 1.71. The zero-order chi connectivity index (χ0) is 9.26. The van der Waals surface area contributed by atoms with Crippen LogP contribution in [0.5, 0.6) is 0 Å². The third-order valence-corrected chi connectivity index (χ3v) is 5.29. The molecule has 0 atom stereocenters. The first kappa shape index (κ1) is 8.99. The van der Waals surface area contributed by atoms with Gasteiger partial charge in [-0.1, -0.05) is 0 Å². The summed E-state index contributed by atoms with van der Waals surface area (Å²) in [6.45, 7) is 0. The fourth-order valence-corrected chi connectivity index (χ4v) is 4.15. The summed E-state index contributed by atoms with van der Waals surface area (Å²) in [5.74, 6) is -0.813. The fraction of sp³-hybridized carbons (Fsp3) is 0.300. The van der Waals surface area contributed by atoms with E-state index in [-0.39, 0.29) is 21.2 Å². The zero-order valence-corrected chi connectivity index (χ0v) is 9.24. The Morgan fingerprint density at radius 3 is 3.08 bits per heavy atom. The summed E-state index contributed by atoms with van der Waals surface area (Å²) in [5, 5.41) is 8.80. The molecule has 70 valence electrons. The van der Waals surface area contributed by atoms with E-state index in [1.54, 1.807) is 6.07 Å². The van der Waals surface area contributed by atoms with Gasteiger partial charge in [-0.05, 0) is 0 Å². The zero-order valence-electron chi connectivity index (χ0n) is 7.09. The number of carboxylic acid groups (broad SMARTS) is 1. The maximum atomic E-state index is 10.7. The number of hydrogen-bond acceptors (Lipinski definition) is 1. The molecule has 0 saturated heterocycles. The molecule has 2 rings (SSSR count). The van der Waals surface area contributed by atoms with Gasteiger partial charge in [0.25, 0.3) is 0 Å². The molecule has 1 aromatic carbocycles. The topological polar surface area (TPSA) is 37.3 Å². The third kappa shape index (κ3) is 1.85. The van der Waals surface area contributed by atoms with Gasteiger partial charge in [-0.3, -0.25) is 0 Å². The van der Waals surface area contributed by atoms with Crippen LogP contribution in [0.25, 0.3) is 0 Å². The Labute approximate surface area is 87.2 Å². The van der Waals surface area contributed by atoms with Crippen molar-refractivity contribution in [3.63, 3.8) is 0 Å². The van der Waals surface area contributed by atoms with Gasteiger partial charge in [-0.2, -0.15) is 0 Å². The van der Waals surface area contributed by atoms with E-state index in [9.17, 15) is 4.79 Å². The van der Waals surface area contributed by atoms with Crippen molar-refractivity contribution < 1.29 is 31.1 Å². The quantitative estimate of drug-likeness (QED) is 0.509. The molecule has 0 spiro atoms. The van der Waals surface area contributed by atoms with Crippen LogP contribution in [0.2, 0.25) is 0 Å². The van der Waals surface area contributed by atoms with E-state index in [0.717, 1.165) is 6.42 Å². The van der Waals surface area contributed by atoms with Crippen molar-refractivity contribution in [1.29, 1.82) is 0 Å². The molecule has 0 aliphatic carbocycles. The van der Waals surface area contributed by atoms with Crippen LogP contribution in [0.15, 0.2) is 18.2 Å². The van der Waals surface area contributed by atoms with Gasteiger partial charge in [-0.25, -0.2) is 0 Å². The molecule has 0 bridgehead atoms. The molecule has 13 heavy (non-hydrogen) atoms. The van der Waals surface area contributed by atoms with E-state index in [4.69, 9.17) is 5.11 Å². The first-order valence-electron chi connectivity index (χ1n) is 4.23. The van der Waals surface area contributed by atoms with Crippen molar-refractivity contribution in [2.75, 3.05) is 4.43 Å². The Bertz CT molecular complexity index is 347. The van der Waals surface area contributed by atoms with Gasteiger partial charge < -0.3 is 0 Å². The number of benzene rings is 1. The average molecular weight is 289 g/mol. The molecule has 0 fully saturated rings. The van der Waals surface area contributed by atoms with E-state index >= 15 is 0 Å². The second-order valence-electron chi connectivity index (χ2n) is 3.04. The molecule has 0 radical (unpaired) electrons. The van der Waals surface area contributed by atoms with Crippen LogP contribution in [0.1, 0.15) is 22.3 Å². The molecule has 0 saturated carbocycles. The number of aryl methyl sites for hydroxylation is 1. The second kappa shape index (κ2) is 3.65. The van der Waals surface area contributed by atoms with Gasteiger partial charge in [0.1, 0.15) is 0 Å². The normalized spacial score (nSPS) is 15.7. The summed E-state index contributed by atoms with van der Waals surface area (Å²) in [7, 11) is 0. The summed E-state index contributed by atoms with van der Waals surface area (Å²) < 4.78 is 2.79. The Morgan fingerprint density at radius 1 is 1.46 bits per heavy atom. The van der Waals surface area contributed by atoms with Gasteiger partial charge in [0.2, 0.25) is 0 Å². The molecule has 0 amide bonds. The number of alkyl halides is 1. The van der Waals surface area contributed by atoms with Gasteiger partial charge in [0, 0.05) is 0 Å². The van der Waals surface area contributed by atoms with Crippen LogP contribution in [0, 0.1) is 3.57 Å². The van der Waals surface area contributed by atoms with Gasteiger partial charge >= 0.3 is 87.2 Å². The molecular formula is C10H10IO2-. The Balaban J connectivity index is 2.40. The molecular weight excluding hydrogens is 279 g/mol. The molecule has 1 aliphatic heterocycles. The Hall–Kier alpha value is -0.580. The van der Waals surface area contributed by atoms with Gasteiger partial charge in [0.05, 0.1) is 0 Å². The summed E-state index contributed by atoms with van der Waals surface area (Å²) in [4.78, 5) is 10.7. The van der Waals surface area contributed by atoms with Gasteiger partial charge in [-0.15, -0.1) is 0 Å². The van der Waals surface area contributed by atoms with Crippen molar-refractivity contribution in [3.8, 4) is 0 Å². The molecule has 1 aliphatic rings. The molecule has 0 aromatic heterocycles. The second-order valence-corrected chi connectivity index (χ2v) is 6.04. The van der Waals surface area contributed by atoms with Crippen LogP contribution >= 0.6 is 0 Å².